The number of nitrogens with zero attached hydrogens (tertiary/aromatic N) is 3. The minimum atomic E-state index is -0.447. The second-order valence-corrected chi connectivity index (χ2v) is 7.94. The van der Waals surface area contributed by atoms with Crippen LogP contribution in [0.4, 0.5) is 11.4 Å². The fourth-order valence-corrected chi connectivity index (χ4v) is 3.82. The largest absolute Gasteiger partial charge is 0.362 e. The summed E-state index contributed by atoms with van der Waals surface area (Å²) in [7, 11) is 0. The molecule has 0 bridgehead atoms. The minimum Gasteiger partial charge on any atom is -0.362 e. The number of carbonyl (C=O) groups is 2. The van der Waals surface area contributed by atoms with Gasteiger partial charge in [0.25, 0.3) is 5.69 Å². The first-order chi connectivity index (χ1) is 14.3. The third kappa shape index (κ3) is 4.97. The van der Waals surface area contributed by atoms with E-state index in [1.165, 1.54) is 6.07 Å². The number of ketones is 1. The first kappa shape index (κ1) is 21.8. The third-order valence-corrected chi connectivity index (χ3v) is 5.60. The average Bonchev–Trinajstić information content (AvgIpc) is 2.73. The van der Waals surface area contributed by atoms with E-state index in [1.54, 1.807) is 17.0 Å². The van der Waals surface area contributed by atoms with Crippen LogP contribution < -0.4 is 4.90 Å². The van der Waals surface area contributed by atoms with Crippen molar-refractivity contribution in [2.45, 2.75) is 26.7 Å². The molecule has 8 heteroatoms. The molecule has 2 aromatic carbocycles. The van der Waals surface area contributed by atoms with Crippen LogP contribution >= 0.6 is 11.6 Å². The zero-order chi connectivity index (χ0) is 21.8. The normalized spacial score (nSPS) is 14.0. The van der Waals surface area contributed by atoms with Crippen molar-refractivity contribution >= 4 is 34.7 Å². The van der Waals surface area contributed by atoms with E-state index in [-0.39, 0.29) is 30.2 Å². The monoisotopic (exact) mass is 429 g/mol. The number of carbonyl (C=O) groups excluding carboxylic acids is 2. The van der Waals surface area contributed by atoms with Crippen LogP contribution in [0.2, 0.25) is 5.02 Å². The molecule has 0 unspecified atom stereocenters. The Morgan fingerprint density at radius 1 is 1.03 bits per heavy atom. The second-order valence-electron chi connectivity index (χ2n) is 7.50. The molecule has 0 radical (unpaired) electrons. The lowest BCUT2D eigenvalue weighted by Crippen LogP contribution is -2.49. The summed E-state index contributed by atoms with van der Waals surface area (Å²) in [4.78, 5) is 39.6. The Labute approximate surface area is 180 Å². The Kier molecular flexibility index (Phi) is 6.72. The molecule has 2 aromatic rings. The molecule has 1 heterocycles. The predicted octanol–water partition coefficient (Wildman–Crippen LogP) is 4.18. The molecule has 0 aliphatic carbocycles. The van der Waals surface area contributed by atoms with E-state index in [2.05, 4.69) is 0 Å². The molecule has 158 valence electrons. The van der Waals surface area contributed by atoms with Crippen molar-refractivity contribution in [3.05, 3.63) is 68.2 Å². The molecule has 30 heavy (non-hydrogen) atoms. The van der Waals surface area contributed by atoms with Gasteiger partial charge in [-0.05, 0) is 37.6 Å². The number of halogens is 1. The molecule has 1 saturated heterocycles. The smallest absolute Gasteiger partial charge is 0.294 e. The molecule has 0 spiro atoms. The summed E-state index contributed by atoms with van der Waals surface area (Å²) >= 11 is 5.88. The number of amides is 1. The summed E-state index contributed by atoms with van der Waals surface area (Å²) < 4.78 is 0. The summed E-state index contributed by atoms with van der Waals surface area (Å²) in [6.45, 7) is 5.71. The summed E-state index contributed by atoms with van der Waals surface area (Å²) in [6.07, 6.45) is 0.333. The Morgan fingerprint density at radius 3 is 2.40 bits per heavy atom. The van der Waals surface area contributed by atoms with Crippen LogP contribution in [0.5, 0.6) is 0 Å². The number of nitro groups is 1. The summed E-state index contributed by atoms with van der Waals surface area (Å²) in [5.41, 5.74) is 3.06. The van der Waals surface area contributed by atoms with Gasteiger partial charge in [0.05, 0.1) is 4.92 Å². The van der Waals surface area contributed by atoms with Crippen LogP contribution in [0, 0.1) is 24.0 Å². The van der Waals surface area contributed by atoms with Crippen LogP contribution in [0.1, 0.15) is 34.3 Å². The zero-order valence-corrected chi connectivity index (χ0v) is 17.8. The molecular weight excluding hydrogens is 406 g/mol. The van der Waals surface area contributed by atoms with Gasteiger partial charge in [0.2, 0.25) is 5.91 Å². The highest BCUT2D eigenvalue weighted by atomic mass is 35.5. The minimum absolute atomic E-state index is 0.0278. The van der Waals surface area contributed by atoms with Crippen LogP contribution in [-0.2, 0) is 4.79 Å². The number of hydrogen-bond acceptors (Lipinski definition) is 5. The fourth-order valence-electron chi connectivity index (χ4n) is 3.66. The second kappa shape index (κ2) is 9.26. The zero-order valence-electron chi connectivity index (χ0n) is 17.1. The highest BCUT2D eigenvalue weighted by molar-refractivity contribution is 6.30. The maximum atomic E-state index is 12.6. The van der Waals surface area contributed by atoms with Crippen molar-refractivity contribution in [1.82, 2.24) is 4.90 Å². The lowest BCUT2D eigenvalue weighted by atomic mass is 9.99. The standard InChI is InChI=1S/C22H24ClN3O4/c1-15-3-4-16(2)18(13-15)21(27)7-8-22(28)25-11-9-24(10-12-25)19-6-5-17(23)14-20(19)26(29)30/h3-6,13-14H,7-12H2,1-2H3. The topological polar surface area (TPSA) is 83.8 Å². The quantitative estimate of drug-likeness (QED) is 0.391. The molecular formula is C22H24ClN3O4. The van der Waals surface area contributed by atoms with Gasteiger partial charge >= 0.3 is 0 Å². The number of anilines is 1. The van der Waals surface area contributed by atoms with E-state index in [9.17, 15) is 19.7 Å². The summed E-state index contributed by atoms with van der Waals surface area (Å²) in [5.74, 6) is -0.0983. The lowest BCUT2D eigenvalue weighted by Gasteiger charge is -2.35. The van der Waals surface area contributed by atoms with E-state index in [4.69, 9.17) is 11.6 Å². The van der Waals surface area contributed by atoms with Crippen molar-refractivity contribution in [3.8, 4) is 0 Å². The predicted molar refractivity (Wildman–Crippen MR) is 116 cm³/mol. The van der Waals surface area contributed by atoms with Gasteiger partial charge in [-0.25, -0.2) is 0 Å². The number of hydrogen-bond donors (Lipinski definition) is 0. The van der Waals surface area contributed by atoms with Crippen LogP contribution in [-0.4, -0.2) is 47.7 Å². The number of Topliss-reactive ketones (excluding diaryl/α,β-unsaturated/α-hetero) is 1. The van der Waals surface area contributed by atoms with Crippen molar-refractivity contribution in [2.75, 3.05) is 31.1 Å². The van der Waals surface area contributed by atoms with Crippen molar-refractivity contribution < 1.29 is 14.5 Å². The third-order valence-electron chi connectivity index (χ3n) is 5.37. The Hall–Kier alpha value is -2.93. The number of nitro benzene ring substituents is 1. The summed E-state index contributed by atoms with van der Waals surface area (Å²) in [5, 5.41) is 11.6. The van der Waals surface area contributed by atoms with Gasteiger partial charge in [-0.3, -0.25) is 19.7 Å². The van der Waals surface area contributed by atoms with E-state index >= 15 is 0 Å². The van der Waals surface area contributed by atoms with Crippen LogP contribution in [0.3, 0.4) is 0 Å². The van der Waals surface area contributed by atoms with E-state index < -0.39 is 4.92 Å². The molecule has 3 rings (SSSR count). The van der Waals surface area contributed by atoms with Gasteiger partial charge in [-0.1, -0.05) is 29.3 Å². The molecule has 0 aromatic heterocycles. The SMILES string of the molecule is Cc1ccc(C)c(C(=O)CCC(=O)N2CCN(c3ccc(Cl)cc3[N+](=O)[O-])CC2)c1. The first-order valence-electron chi connectivity index (χ1n) is 9.83. The molecule has 0 atom stereocenters. The van der Waals surface area contributed by atoms with Crippen molar-refractivity contribution in [2.24, 2.45) is 0 Å². The van der Waals surface area contributed by atoms with E-state index in [0.717, 1.165) is 11.1 Å². The number of piperazine rings is 1. The maximum Gasteiger partial charge on any atom is 0.294 e. The lowest BCUT2D eigenvalue weighted by molar-refractivity contribution is -0.384. The molecule has 7 nitrogen and oxygen atoms in total. The van der Waals surface area contributed by atoms with Gasteiger partial charge < -0.3 is 9.80 Å². The average molecular weight is 430 g/mol. The fraction of sp³-hybridized carbons (Fsp3) is 0.364. The highest BCUT2D eigenvalue weighted by Crippen LogP contribution is 2.31. The molecule has 1 aliphatic rings. The van der Waals surface area contributed by atoms with Crippen LogP contribution in [0.15, 0.2) is 36.4 Å². The number of rotatable bonds is 6. The van der Waals surface area contributed by atoms with Crippen molar-refractivity contribution in [1.29, 1.82) is 0 Å². The maximum absolute atomic E-state index is 12.6. The highest BCUT2D eigenvalue weighted by Gasteiger charge is 2.26. The van der Waals surface area contributed by atoms with Gasteiger partial charge in [-0.15, -0.1) is 0 Å². The van der Waals surface area contributed by atoms with Gasteiger partial charge in [0.1, 0.15) is 5.69 Å². The Morgan fingerprint density at radius 2 is 1.73 bits per heavy atom. The molecule has 1 aliphatic heterocycles. The van der Waals surface area contributed by atoms with E-state index in [0.29, 0.717) is 42.5 Å². The van der Waals surface area contributed by atoms with Gasteiger partial charge in [-0.2, -0.15) is 0 Å². The van der Waals surface area contributed by atoms with Gasteiger partial charge in [0.15, 0.2) is 5.78 Å². The Bertz CT molecular complexity index is 984. The van der Waals surface area contributed by atoms with Crippen LogP contribution in [0.25, 0.3) is 0 Å². The first-order valence-corrected chi connectivity index (χ1v) is 10.2. The number of aryl methyl sites for hydroxylation is 2. The molecule has 0 saturated carbocycles. The molecule has 1 fully saturated rings. The van der Waals surface area contributed by atoms with Crippen molar-refractivity contribution in [3.63, 3.8) is 0 Å². The number of benzene rings is 2. The molecule has 0 N–H and O–H groups in total. The molecule has 1 amide bonds. The van der Waals surface area contributed by atoms with E-state index in [1.807, 2.05) is 36.9 Å². The Balaban J connectivity index is 1.56. The summed E-state index contributed by atoms with van der Waals surface area (Å²) in [6, 6.07) is 10.3. The van der Waals surface area contributed by atoms with Gasteiger partial charge in [0, 0.05) is 55.7 Å².